The Hall–Kier alpha value is -0.870. The number of benzene rings is 1. The van der Waals surface area contributed by atoms with Gasteiger partial charge in [-0.1, -0.05) is 51.0 Å². The van der Waals surface area contributed by atoms with Crippen LogP contribution in [-0.2, 0) is 16.3 Å². The highest BCUT2D eigenvalue weighted by Crippen LogP contribution is 2.15. The molecule has 0 aliphatic heterocycles. The summed E-state index contributed by atoms with van der Waals surface area (Å²) in [6.07, 6.45) is 3.70. The zero-order chi connectivity index (χ0) is 14.3. The zero-order valence-electron chi connectivity index (χ0n) is 11.9. The summed E-state index contributed by atoms with van der Waals surface area (Å²) in [5.74, 6) is 0.295. The first-order valence-electron chi connectivity index (χ1n) is 7.03. The van der Waals surface area contributed by atoms with Crippen LogP contribution in [0.15, 0.2) is 24.3 Å². The maximum Gasteiger partial charge on any atom is 0.152 e. The average molecular weight is 283 g/mol. The third-order valence-corrected chi connectivity index (χ3v) is 5.09. The molecule has 0 radical (unpaired) electrons. The molecule has 1 unspecified atom stereocenters. The molecule has 0 fully saturated rings. The van der Waals surface area contributed by atoms with Crippen LogP contribution in [0.5, 0.6) is 0 Å². The van der Waals surface area contributed by atoms with Gasteiger partial charge in [0, 0.05) is 6.04 Å². The van der Waals surface area contributed by atoms with Crippen LogP contribution in [0.2, 0.25) is 0 Å². The highest BCUT2D eigenvalue weighted by atomic mass is 32.2. The lowest BCUT2D eigenvalue weighted by atomic mass is 10.1. The molecule has 0 amide bonds. The van der Waals surface area contributed by atoms with Gasteiger partial charge in [-0.15, -0.1) is 0 Å². The molecule has 0 saturated heterocycles. The SMILES string of the molecule is CCCCCS(=O)(=O)CC(N)c1ccc(CC)cc1. The minimum atomic E-state index is -3.04. The second-order valence-corrected chi connectivity index (χ2v) is 7.25. The molecule has 2 N–H and O–H groups in total. The van der Waals surface area contributed by atoms with E-state index in [-0.39, 0.29) is 11.5 Å². The summed E-state index contributed by atoms with van der Waals surface area (Å²) in [6.45, 7) is 4.15. The van der Waals surface area contributed by atoms with Crippen LogP contribution in [0.4, 0.5) is 0 Å². The van der Waals surface area contributed by atoms with Crippen molar-refractivity contribution in [3.63, 3.8) is 0 Å². The quantitative estimate of drug-likeness (QED) is 0.746. The molecule has 0 aliphatic rings. The summed E-state index contributed by atoms with van der Waals surface area (Å²) in [6, 6.07) is 7.48. The third kappa shape index (κ3) is 5.74. The second-order valence-electron chi connectivity index (χ2n) is 5.02. The molecule has 1 aromatic carbocycles. The number of hydrogen-bond acceptors (Lipinski definition) is 3. The summed E-state index contributed by atoms with van der Waals surface area (Å²) in [5, 5.41) is 0. The van der Waals surface area contributed by atoms with Crippen LogP contribution in [0.3, 0.4) is 0 Å². The minimum absolute atomic E-state index is 0.0438. The van der Waals surface area contributed by atoms with Crippen molar-refractivity contribution in [1.82, 2.24) is 0 Å². The fourth-order valence-corrected chi connectivity index (χ4v) is 3.58. The van der Waals surface area contributed by atoms with Gasteiger partial charge in [0.2, 0.25) is 0 Å². The third-order valence-electron chi connectivity index (χ3n) is 3.31. The molecule has 0 bridgehead atoms. The van der Waals surface area contributed by atoms with E-state index in [4.69, 9.17) is 5.73 Å². The number of sulfone groups is 1. The average Bonchev–Trinajstić information content (AvgIpc) is 2.38. The van der Waals surface area contributed by atoms with Gasteiger partial charge in [0.25, 0.3) is 0 Å². The monoisotopic (exact) mass is 283 g/mol. The molecule has 3 nitrogen and oxygen atoms in total. The molecular weight excluding hydrogens is 258 g/mol. The molecular formula is C15H25NO2S. The molecule has 19 heavy (non-hydrogen) atoms. The summed E-state index contributed by atoms with van der Waals surface area (Å²) in [7, 11) is -3.04. The highest BCUT2D eigenvalue weighted by Gasteiger charge is 2.17. The molecule has 0 aliphatic carbocycles. The summed E-state index contributed by atoms with van der Waals surface area (Å²) >= 11 is 0. The number of nitrogens with two attached hydrogens (primary N) is 1. The summed E-state index contributed by atoms with van der Waals surface area (Å²) < 4.78 is 23.9. The maximum atomic E-state index is 11.9. The molecule has 1 rings (SSSR count). The van der Waals surface area contributed by atoms with E-state index in [2.05, 4.69) is 13.8 Å². The fourth-order valence-electron chi connectivity index (χ4n) is 2.03. The Bertz CT molecular complexity index is 465. The van der Waals surface area contributed by atoms with E-state index in [1.54, 1.807) is 0 Å². The first-order chi connectivity index (χ1) is 8.98. The van der Waals surface area contributed by atoms with Gasteiger partial charge in [0.05, 0.1) is 11.5 Å². The lowest BCUT2D eigenvalue weighted by molar-refractivity contribution is 0.584. The van der Waals surface area contributed by atoms with Gasteiger partial charge in [-0.2, -0.15) is 0 Å². The van der Waals surface area contributed by atoms with Crippen LogP contribution in [-0.4, -0.2) is 19.9 Å². The minimum Gasteiger partial charge on any atom is -0.323 e. The van der Waals surface area contributed by atoms with E-state index in [9.17, 15) is 8.42 Å². The molecule has 0 aromatic heterocycles. The Morgan fingerprint density at radius 3 is 2.26 bits per heavy atom. The Balaban J connectivity index is 2.59. The Kier molecular flexibility index (Phi) is 6.52. The summed E-state index contributed by atoms with van der Waals surface area (Å²) in [5.41, 5.74) is 8.13. The standard InChI is InChI=1S/C15H25NO2S/c1-3-5-6-11-19(17,18)12-15(16)14-9-7-13(4-2)8-10-14/h7-10,15H,3-6,11-12,16H2,1-2H3. The van der Waals surface area contributed by atoms with E-state index < -0.39 is 15.9 Å². The predicted molar refractivity (Wildman–Crippen MR) is 80.9 cm³/mol. The van der Waals surface area contributed by atoms with Crippen molar-refractivity contribution in [2.24, 2.45) is 5.73 Å². The lowest BCUT2D eigenvalue weighted by Crippen LogP contribution is -2.23. The van der Waals surface area contributed by atoms with Crippen LogP contribution in [0.1, 0.15) is 50.3 Å². The lowest BCUT2D eigenvalue weighted by Gasteiger charge is -2.13. The first-order valence-corrected chi connectivity index (χ1v) is 8.85. The second kappa shape index (κ2) is 7.65. The van der Waals surface area contributed by atoms with Crippen molar-refractivity contribution in [1.29, 1.82) is 0 Å². The van der Waals surface area contributed by atoms with Gasteiger partial charge in [-0.25, -0.2) is 8.42 Å². The smallest absolute Gasteiger partial charge is 0.152 e. The molecule has 0 spiro atoms. The molecule has 1 aromatic rings. The van der Waals surface area contributed by atoms with Crippen molar-refractivity contribution >= 4 is 9.84 Å². The fraction of sp³-hybridized carbons (Fsp3) is 0.600. The predicted octanol–water partition coefficient (Wildman–Crippen LogP) is 2.85. The maximum absolute atomic E-state index is 11.9. The van der Waals surface area contributed by atoms with E-state index >= 15 is 0 Å². The summed E-state index contributed by atoms with van der Waals surface area (Å²) in [4.78, 5) is 0. The number of unbranched alkanes of at least 4 members (excludes halogenated alkanes) is 2. The van der Waals surface area contributed by atoms with E-state index in [0.717, 1.165) is 31.2 Å². The van der Waals surface area contributed by atoms with Gasteiger partial charge in [-0.05, 0) is 24.0 Å². The Labute approximate surface area is 117 Å². The van der Waals surface area contributed by atoms with E-state index in [0.29, 0.717) is 0 Å². The van der Waals surface area contributed by atoms with Crippen LogP contribution < -0.4 is 5.73 Å². The van der Waals surface area contributed by atoms with Crippen LogP contribution in [0, 0.1) is 0 Å². The molecule has 108 valence electrons. The molecule has 0 saturated carbocycles. The van der Waals surface area contributed by atoms with Gasteiger partial charge < -0.3 is 5.73 Å². The highest BCUT2D eigenvalue weighted by molar-refractivity contribution is 7.91. The van der Waals surface area contributed by atoms with Crippen molar-refractivity contribution in [2.75, 3.05) is 11.5 Å². The molecule has 1 atom stereocenters. The number of rotatable bonds is 8. The van der Waals surface area contributed by atoms with Crippen molar-refractivity contribution in [3.05, 3.63) is 35.4 Å². The Morgan fingerprint density at radius 2 is 1.74 bits per heavy atom. The van der Waals surface area contributed by atoms with E-state index in [1.165, 1.54) is 5.56 Å². The van der Waals surface area contributed by atoms with Gasteiger partial charge in [-0.3, -0.25) is 0 Å². The normalized spacial score (nSPS) is 13.4. The number of hydrogen-bond donors (Lipinski definition) is 1. The molecule has 0 heterocycles. The Morgan fingerprint density at radius 1 is 1.11 bits per heavy atom. The van der Waals surface area contributed by atoms with Crippen molar-refractivity contribution in [2.45, 2.75) is 45.6 Å². The van der Waals surface area contributed by atoms with E-state index in [1.807, 2.05) is 24.3 Å². The van der Waals surface area contributed by atoms with Gasteiger partial charge in [0.15, 0.2) is 9.84 Å². The van der Waals surface area contributed by atoms with Crippen LogP contribution >= 0.6 is 0 Å². The van der Waals surface area contributed by atoms with Crippen molar-refractivity contribution < 1.29 is 8.42 Å². The van der Waals surface area contributed by atoms with Gasteiger partial charge in [0.1, 0.15) is 0 Å². The topological polar surface area (TPSA) is 60.2 Å². The van der Waals surface area contributed by atoms with Gasteiger partial charge >= 0.3 is 0 Å². The largest absolute Gasteiger partial charge is 0.323 e. The van der Waals surface area contributed by atoms with Crippen LogP contribution in [0.25, 0.3) is 0 Å². The zero-order valence-corrected chi connectivity index (χ0v) is 12.7. The van der Waals surface area contributed by atoms with Crippen molar-refractivity contribution in [3.8, 4) is 0 Å². The first kappa shape index (κ1) is 16.2. The number of aryl methyl sites for hydroxylation is 1. The molecule has 4 heteroatoms.